The number of aromatic nitrogens is 2. The first-order valence-electron chi connectivity index (χ1n) is 10.0. The van der Waals surface area contributed by atoms with E-state index in [2.05, 4.69) is 0 Å². The Labute approximate surface area is 179 Å². The van der Waals surface area contributed by atoms with Crippen LogP contribution in [0, 0.1) is 0 Å². The van der Waals surface area contributed by atoms with Crippen LogP contribution in [0.3, 0.4) is 0 Å². The maximum absolute atomic E-state index is 11.7. The van der Waals surface area contributed by atoms with E-state index in [1.165, 1.54) is 34.1 Å². The van der Waals surface area contributed by atoms with Crippen LogP contribution < -0.4 is 9.13 Å². The number of amides is 4. The number of imide groups is 2. The Kier molecular flexibility index (Phi) is 5.79. The minimum Gasteiger partial charge on any atom is -0.271 e. The van der Waals surface area contributed by atoms with Crippen LogP contribution in [-0.4, -0.2) is 33.4 Å². The Morgan fingerprint density at radius 2 is 1.00 bits per heavy atom. The van der Waals surface area contributed by atoms with Gasteiger partial charge in [-0.05, 0) is 12.1 Å². The highest BCUT2D eigenvalue weighted by molar-refractivity contribution is 6.13. The molecule has 0 N–H and O–H groups in total. The topological polar surface area (TPSA) is 82.5 Å². The standard InChI is InChI=1S/C23H22N4O4/c28-20-6-7-21(29)26(20)16-18-4-1-10-24(14-18)12-3-13-25-11-2-5-19(15-25)17-27-22(30)8-9-23(27)31/h1-2,4-11,14-15H,3,12-13,16-17H2/q+2. The average molecular weight is 418 g/mol. The van der Waals surface area contributed by atoms with E-state index in [0.29, 0.717) is 0 Å². The molecule has 0 atom stereocenters. The molecule has 0 saturated carbocycles. The van der Waals surface area contributed by atoms with Gasteiger partial charge in [0.15, 0.2) is 37.9 Å². The molecule has 2 aromatic rings. The Hall–Kier alpha value is -3.94. The van der Waals surface area contributed by atoms with Gasteiger partial charge in [-0.1, -0.05) is 0 Å². The normalized spacial score (nSPS) is 15.6. The Bertz CT molecular complexity index is 999. The first-order valence-corrected chi connectivity index (χ1v) is 10.0. The van der Waals surface area contributed by atoms with Crippen molar-refractivity contribution in [3.05, 3.63) is 84.5 Å². The van der Waals surface area contributed by atoms with Crippen molar-refractivity contribution in [2.24, 2.45) is 0 Å². The first-order chi connectivity index (χ1) is 15.0. The molecule has 0 spiro atoms. The molecule has 2 aliphatic rings. The second-order valence-corrected chi connectivity index (χ2v) is 7.45. The highest BCUT2D eigenvalue weighted by atomic mass is 16.2. The molecule has 0 aromatic carbocycles. The zero-order valence-electron chi connectivity index (χ0n) is 16.9. The van der Waals surface area contributed by atoms with Crippen molar-refractivity contribution in [3.8, 4) is 0 Å². The summed E-state index contributed by atoms with van der Waals surface area (Å²) in [6.45, 7) is 2.03. The van der Waals surface area contributed by atoms with Crippen molar-refractivity contribution >= 4 is 23.6 Å². The summed E-state index contributed by atoms with van der Waals surface area (Å²) in [6, 6.07) is 7.59. The third kappa shape index (κ3) is 4.80. The molecule has 0 saturated heterocycles. The largest absolute Gasteiger partial charge is 0.271 e. The van der Waals surface area contributed by atoms with E-state index in [-0.39, 0.29) is 36.7 Å². The number of rotatable bonds is 8. The van der Waals surface area contributed by atoms with Crippen molar-refractivity contribution in [2.75, 3.05) is 0 Å². The molecule has 4 heterocycles. The van der Waals surface area contributed by atoms with Crippen LogP contribution in [0.2, 0.25) is 0 Å². The van der Waals surface area contributed by atoms with Crippen molar-refractivity contribution < 1.29 is 28.3 Å². The molecule has 2 aromatic heterocycles. The lowest BCUT2D eigenvalue weighted by atomic mass is 10.2. The molecule has 0 bridgehead atoms. The highest BCUT2D eigenvalue weighted by Gasteiger charge is 2.25. The molecule has 8 heteroatoms. The molecular weight excluding hydrogens is 396 g/mol. The fourth-order valence-corrected chi connectivity index (χ4v) is 3.59. The van der Waals surface area contributed by atoms with Gasteiger partial charge >= 0.3 is 0 Å². The van der Waals surface area contributed by atoms with E-state index in [0.717, 1.165) is 30.6 Å². The fourth-order valence-electron chi connectivity index (χ4n) is 3.59. The van der Waals surface area contributed by atoms with Crippen molar-refractivity contribution in [2.45, 2.75) is 32.6 Å². The Morgan fingerprint density at radius 1 is 0.613 bits per heavy atom. The van der Waals surface area contributed by atoms with Gasteiger partial charge in [-0.2, -0.15) is 0 Å². The van der Waals surface area contributed by atoms with Crippen molar-refractivity contribution in [1.29, 1.82) is 0 Å². The van der Waals surface area contributed by atoms with Crippen LogP contribution in [0.5, 0.6) is 0 Å². The van der Waals surface area contributed by atoms with E-state index >= 15 is 0 Å². The number of hydrogen-bond donors (Lipinski definition) is 0. The first kappa shape index (κ1) is 20.3. The van der Waals surface area contributed by atoms with Gasteiger partial charge in [0.05, 0.1) is 19.5 Å². The quantitative estimate of drug-likeness (QED) is 0.453. The summed E-state index contributed by atoms with van der Waals surface area (Å²) in [6.07, 6.45) is 13.8. The molecule has 4 amide bonds. The number of aryl methyl sites for hydroxylation is 2. The number of nitrogens with zero attached hydrogens (tertiary/aromatic N) is 4. The molecular formula is C23H22N4O4+2. The second-order valence-electron chi connectivity index (χ2n) is 7.45. The van der Waals surface area contributed by atoms with E-state index in [1.807, 2.05) is 58.2 Å². The minimum absolute atomic E-state index is 0.255. The van der Waals surface area contributed by atoms with E-state index in [4.69, 9.17) is 0 Å². The van der Waals surface area contributed by atoms with Gasteiger partial charge in [0, 0.05) is 47.6 Å². The Morgan fingerprint density at radius 3 is 1.39 bits per heavy atom. The Balaban J connectivity index is 1.31. The molecule has 8 nitrogen and oxygen atoms in total. The third-order valence-electron chi connectivity index (χ3n) is 5.15. The zero-order chi connectivity index (χ0) is 21.8. The van der Waals surface area contributed by atoms with Crippen LogP contribution in [0.25, 0.3) is 0 Å². The third-order valence-corrected chi connectivity index (χ3v) is 5.15. The SMILES string of the molecule is O=C1C=CC(=O)N1Cc1ccc[n+](CCC[n+]2cccc(CN3C(=O)C=CC3=O)c2)c1. The molecule has 0 radical (unpaired) electrons. The fraction of sp³-hybridized carbons (Fsp3) is 0.217. The van der Waals surface area contributed by atoms with Crippen LogP contribution in [0.4, 0.5) is 0 Å². The lowest BCUT2D eigenvalue weighted by Gasteiger charge is -2.12. The molecule has 4 rings (SSSR count). The lowest BCUT2D eigenvalue weighted by Crippen LogP contribution is -2.40. The maximum atomic E-state index is 11.7. The van der Waals surface area contributed by atoms with Crippen LogP contribution in [0.15, 0.2) is 73.4 Å². The monoisotopic (exact) mass is 418 g/mol. The highest BCUT2D eigenvalue weighted by Crippen LogP contribution is 2.10. The summed E-state index contributed by atoms with van der Waals surface area (Å²) in [4.78, 5) is 49.4. The summed E-state index contributed by atoms with van der Waals surface area (Å²) >= 11 is 0. The molecule has 0 unspecified atom stereocenters. The zero-order valence-corrected chi connectivity index (χ0v) is 16.9. The van der Waals surface area contributed by atoms with E-state index in [9.17, 15) is 19.2 Å². The van der Waals surface area contributed by atoms with Crippen LogP contribution in [0.1, 0.15) is 17.5 Å². The van der Waals surface area contributed by atoms with Gasteiger partial charge in [0.2, 0.25) is 0 Å². The maximum Gasteiger partial charge on any atom is 0.253 e. The molecule has 0 aliphatic carbocycles. The molecule has 2 aliphatic heterocycles. The second kappa shape index (κ2) is 8.83. The van der Waals surface area contributed by atoms with Gasteiger partial charge in [-0.25, -0.2) is 9.13 Å². The number of pyridine rings is 2. The van der Waals surface area contributed by atoms with Gasteiger partial charge in [0.25, 0.3) is 23.6 Å². The average Bonchev–Trinajstić information content (AvgIpc) is 3.25. The van der Waals surface area contributed by atoms with Crippen LogP contribution in [-0.2, 0) is 45.4 Å². The summed E-state index contributed by atoms with van der Waals surface area (Å²) in [5.74, 6) is -1.15. The summed E-state index contributed by atoms with van der Waals surface area (Å²) < 4.78 is 4.07. The molecule has 156 valence electrons. The summed E-state index contributed by atoms with van der Waals surface area (Å²) in [5.41, 5.74) is 1.77. The molecule has 0 fully saturated rings. The van der Waals surface area contributed by atoms with Gasteiger partial charge < -0.3 is 0 Å². The van der Waals surface area contributed by atoms with Gasteiger partial charge in [-0.15, -0.1) is 0 Å². The van der Waals surface area contributed by atoms with E-state index in [1.54, 1.807) is 0 Å². The van der Waals surface area contributed by atoms with E-state index < -0.39 is 0 Å². The summed E-state index contributed by atoms with van der Waals surface area (Å²) in [7, 11) is 0. The number of carbonyl (C=O) groups excluding carboxylic acids is 4. The van der Waals surface area contributed by atoms with Crippen molar-refractivity contribution in [3.63, 3.8) is 0 Å². The summed E-state index contributed by atoms with van der Waals surface area (Å²) in [5, 5.41) is 0. The number of hydrogen-bond acceptors (Lipinski definition) is 4. The lowest BCUT2D eigenvalue weighted by molar-refractivity contribution is -0.727. The van der Waals surface area contributed by atoms with Gasteiger partial charge in [-0.3, -0.25) is 29.0 Å². The van der Waals surface area contributed by atoms with Gasteiger partial charge in [0.1, 0.15) is 0 Å². The van der Waals surface area contributed by atoms with Crippen molar-refractivity contribution in [1.82, 2.24) is 9.80 Å². The predicted octanol–water partition coefficient (Wildman–Crippen LogP) is 0.202. The molecule has 31 heavy (non-hydrogen) atoms. The minimum atomic E-state index is -0.287. The predicted molar refractivity (Wildman–Crippen MR) is 107 cm³/mol. The smallest absolute Gasteiger partial charge is 0.253 e. The van der Waals surface area contributed by atoms with Crippen LogP contribution >= 0.6 is 0 Å². The number of carbonyl (C=O) groups is 4.